The normalized spacial score (nSPS) is 26.5. The van der Waals surface area contributed by atoms with Crippen molar-refractivity contribution in [3.05, 3.63) is 22.3 Å². The van der Waals surface area contributed by atoms with Crippen LogP contribution < -0.4 is 10.2 Å². The molecule has 0 spiro atoms. The van der Waals surface area contributed by atoms with Crippen LogP contribution in [-0.2, 0) is 9.53 Å². The molecule has 0 aliphatic carbocycles. The van der Waals surface area contributed by atoms with Crippen molar-refractivity contribution in [2.45, 2.75) is 13.3 Å². The quantitative estimate of drug-likeness (QED) is 0.886. The van der Waals surface area contributed by atoms with Crippen LogP contribution >= 0.6 is 11.6 Å². The lowest BCUT2D eigenvalue weighted by molar-refractivity contribution is -0.138. The number of nitrogens with one attached hydrogen (secondary N) is 1. The van der Waals surface area contributed by atoms with Crippen LogP contribution in [-0.4, -0.2) is 44.2 Å². The summed E-state index contributed by atoms with van der Waals surface area (Å²) in [6.45, 7) is 4.19. The molecule has 0 radical (unpaired) electrons. The maximum absolute atomic E-state index is 12.5. The summed E-state index contributed by atoms with van der Waals surface area (Å²) in [5.74, 6) is 0.806. The lowest BCUT2D eigenvalue weighted by Gasteiger charge is -2.36. The first kappa shape index (κ1) is 16.0. The topological polar surface area (TPSA) is 78.2 Å². The van der Waals surface area contributed by atoms with Crippen molar-refractivity contribution in [3.63, 3.8) is 0 Å². The molecule has 3 rings (SSSR count). The van der Waals surface area contributed by atoms with Crippen LogP contribution in [0.5, 0.6) is 0 Å². The number of nitrogens with zero attached hydrogens (tertiary/aromatic N) is 3. The third-order valence-corrected chi connectivity index (χ3v) is 5.23. The number of hydrogen-bond acceptors (Lipinski definition) is 5. The summed E-state index contributed by atoms with van der Waals surface area (Å²) in [4.78, 5) is 19.1. The zero-order chi connectivity index (χ0) is 16.6. The summed E-state index contributed by atoms with van der Waals surface area (Å²) in [5, 5.41) is 12.3. The predicted molar refractivity (Wildman–Crippen MR) is 86.3 cm³/mol. The minimum atomic E-state index is -0.459. The average molecular weight is 335 g/mol. The smallest absolute Gasteiger partial charge is 0.228 e. The molecule has 0 saturated carbocycles. The second-order valence-corrected chi connectivity index (χ2v) is 6.58. The van der Waals surface area contributed by atoms with E-state index in [1.54, 1.807) is 20.0 Å². The Bertz CT molecular complexity index is 687. The lowest BCUT2D eigenvalue weighted by Crippen LogP contribution is -2.49. The molecule has 2 fully saturated rings. The Morgan fingerprint density at radius 2 is 2.43 bits per heavy atom. The van der Waals surface area contributed by atoms with Gasteiger partial charge in [0.2, 0.25) is 5.91 Å². The number of aromatic nitrogens is 1. The van der Waals surface area contributed by atoms with Crippen molar-refractivity contribution in [1.29, 1.82) is 5.26 Å². The number of carbonyl (C=O) groups is 1. The predicted octanol–water partition coefficient (Wildman–Crippen LogP) is 1.50. The van der Waals surface area contributed by atoms with E-state index in [-0.39, 0.29) is 11.8 Å². The molecule has 1 N–H and O–H groups in total. The van der Waals surface area contributed by atoms with Crippen LogP contribution in [0.1, 0.15) is 17.7 Å². The summed E-state index contributed by atoms with van der Waals surface area (Å²) in [6.07, 6.45) is 0.695. The molecule has 7 heteroatoms. The van der Waals surface area contributed by atoms with Crippen LogP contribution in [0.3, 0.4) is 0 Å². The Hall–Kier alpha value is -1.84. The third-order valence-electron chi connectivity index (χ3n) is 4.95. The monoisotopic (exact) mass is 334 g/mol. The summed E-state index contributed by atoms with van der Waals surface area (Å²) in [5.41, 5.74) is 0.659. The van der Waals surface area contributed by atoms with Crippen molar-refractivity contribution in [2.75, 3.05) is 38.3 Å². The van der Waals surface area contributed by atoms with Crippen molar-refractivity contribution < 1.29 is 9.53 Å². The highest BCUT2D eigenvalue weighted by atomic mass is 35.5. The molecule has 1 aromatic heterocycles. The summed E-state index contributed by atoms with van der Waals surface area (Å²) >= 11 is 6.33. The van der Waals surface area contributed by atoms with E-state index in [2.05, 4.69) is 16.4 Å². The average Bonchev–Trinajstić information content (AvgIpc) is 2.96. The van der Waals surface area contributed by atoms with Gasteiger partial charge in [0.15, 0.2) is 0 Å². The maximum Gasteiger partial charge on any atom is 0.228 e. The van der Waals surface area contributed by atoms with E-state index in [0.29, 0.717) is 54.8 Å². The fourth-order valence-electron chi connectivity index (χ4n) is 3.63. The van der Waals surface area contributed by atoms with Gasteiger partial charge in [-0.2, -0.15) is 5.26 Å². The first-order valence-corrected chi connectivity index (χ1v) is 8.01. The molecular weight excluding hydrogens is 316 g/mol. The number of halogens is 1. The molecule has 0 unspecified atom stereocenters. The number of rotatable bonds is 2. The zero-order valence-electron chi connectivity index (χ0n) is 13.2. The Morgan fingerprint density at radius 1 is 1.65 bits per heavy atom. The van der Waals surface area contributed by atoms with Crippen molar-refractivity contribution in [3.8, 4) is 6.07 Å². The standard InChI is InChI=1S/C16H19ClN4O2/c1-10-11(6-18)5-13(17)14(20-10)21-7-12-8-23-4-3-16(12,9-21)15(22)19-2/h5,12H,3-4,7-9H2,1-2H3,(H,19,22)/t12-,16+/m1/s1. The summed E-state index contributed by atoms with van der Waals surface area (Å²) < 4.78 is 5.57. The van der Waals surface area contributed by atoms with Gasteiger partial charge in [-0.15, -0.1) is 0 Å². The van der Waals surface area contributed by atoms with E-state index in [0.717, 1.165) is 0 Å². The number of carbonyl (C=O) groups excluding carboxylic acids is 1. The van der Waals surface area contributed by atoms with Gasteiger partial charge in [-0.3, -0.25) is 4.79 Å². The van der Waals surface area contributed by atoms with Crippen LogP contribution in [0.25, 0.3) is 0 Å². The number of fused-ring (bicyclic) bond motifs is 1. The van der Waals surface area contributed by atoms with Crippen molar-refractivity contribution in [2.24, 2.45) is 11.3 Å². The van der Waals surface area contributed by atoms with E-state index in [1.165, 1.54) is 0 Å². The SMILES string of the molecule is CNC(=O)[C@]12CCOC[C@H]1CN(c1nc(C)c(C#N)cc1Cl)C2. The van der Waals surface area contributed by atoms with Gasteiger partial charge in [-0.25, -0.2) is 4.98 Å². The van der Waals surface area contributed by atoms with E-state index >= 15 is 0 Å². The first-order chi connectivity index (χ1) is 11.0. The highest BCUT2D eigenvalue weighted by molar-refractivity contribution is 6.33. The molecule has 23 heavy (non-hydrogen) atoms. The van der Waals surface area contributed by atoms with Crippen LogP contribution in [0.2, 0.25) is 5.02 Å². The summed E-state index contributed by atoms with van der Waals surface area (Å²) in [7, 11) is 1.67. The van der Waals surface area contributed by atoms with E-state index in [1.807, 2.05) is 4.90 Å². The van der Waals surface area contributed by atoms with Gasteiger partial charge >= 0.3 is 0 Å². The molecule has 2 aliphatic rings. The van der Waals surface area contributed by atoms with Gasteiger partial charge in [0.25, 0.3) is 0 Å². The maximum atomic E-state index is 12.5. The van der Waals surface area contributed by atoms with Crippen LogP contribution in [0.15, 0.2) is 6.07 Å². The highest BCUT2D eigenvalue weighted by Gasteiger charge is 2.53. The highest BCUT2D eigenvalue weighted by Crippen LogP contribution is 2.44. The van der Waals surface area contributed by atoms with Crippen molar-refractivity contribution in [1.82, 2.24) is 10.3 Å². The number of hydrogen-bond donors (Lipinski definition) is 1. The fourth-order valence-corrected chi connectivity index (χ4v) is 3.91. The van der Waals surface area contributed by atoms with Crippen LogP contribution in [0, 0.1) is 29.6 Å². The summed E-state index contributed by atoms with van der Waals surface area (Å²) in [6, 6.07) is 3.73. The first-order valence-electron chi connectivity index (χ1n) is 7.64. The molecule has 0 bridgehead atoms. The number of pyridine rings is 1. The molecule has 6 nitrogen and oxygen atoms in total. The number of amides is 1. The number of aryl methyl sites for hydroxylation is 1. The zero-order valence-corrected chi connectivity index (χ0v) is 14.0. The molecule has 0 aromatic carbocycles. The molecule has 2 aliphatic heterocycles. The molecule has 1 amide bonds. The Labute approximate surface area is 140 Å². The number of nitriles is 1. The number of ether oxygens (including phenoxy) is 1. The molecular formula is C16H19ClN4O2. The van der Waals surface area contributed by atoms with E-state index < -0.39 is 5.41 Å². The molecule has 1 aromatic rings. The fraction of sp³-hybridized carbons (Fsp3) is 0.562. The number of anilines is 1. The van der Waals surface area contributed by atoms with Gasteiger partial charge in [-0.1, -0.05) is 11.6 Å². The lowest BCUT2D eigenvalue weighted by atomic mass is 9.73. The second-order valence-electron chi connectivity index (χ2n) is 6.18. The van der Waals surface area contributed by atoms with Gasteiger partial charge in [0.1, 0.15) is 11.9 Å². The molecule has 2 saturated heterocycles. The Morgan fingerprint density at radius 3 is 3.13 bits per heavy atom. The second kappa shape index (κ2) is 5.99. The minimum absolute atomic E-state index is 0.0507. The minimum Gasteiger partial charge on any atom is -0.381 e. The van der Waals surface area contributed by atoms with Gasteiger partial charge < -0.3 is 15.0 Å². The molecule has 122 valence electrons. The Kier molecular flexibility index (Phi) is 4.17. The third kappa shape index (κ3) is 2.54. The van der Waals surface area contributed by atoms with E-state index in [4.69, 9.17) is 21.6 Å². The molecule has 3 heterocycles. The van der Waals surface area contributed by atoms with Crippen LogP contribution in [0.4, 0.5) is 5.82 Å². The van der Waals surface area contributed by atoms with Gasteiger partial charge in [-0.05, 0) is 19.4 Å². The largest absolute Gasteiger partial charge is 0.381 e. The Balaban J connectivity index is 1.96. The van der Waals surface area contributed by atoms with E-state index in [9.17, 15) is 4.79 Å². The van der Waals surface area contributed by atoms with Gasteiger partial charge in [0.05, 0.1) is 28.3 Å². The van der Waals surface area contributed by atoms with Crippen molar-refractivity contribution >= 4 is 23.3 Å². The van der Waals surface area contributed by atoms with Gasteiger partial charge in [0, 0.05) is 32.7 Å². The molecule has 2 atom stereocenters.